The molecular formula is C28H29ClN2O2. The van der Waals surface area contributed by atoms with E-state index in [0.717, 1.165) is 37.0 Å². The molecule has 0 radical (unpaired) electrons. The molecule has 5 heteroatoms. The molecule has 4 aromatic rings. The van der Waals surface area contributed by atoms with E-state index in [4.69, 9.17) is 21.3 Å². The van der Waals surface area contributed by atoms with E-state index in [9.17, 15) is 4.79 Å². The molecule has 33 heavy (non-hydrogen) atoms. The Morgan fingerprint density at radius 1 is 0.879 bits per heavy atom. The fourth-order valence-corrected chi connectivity index (χ4v) is 4.25. The number of rotatable bonds is 9. The van der Waals surface area contributed by atoms with Crippen molar-refractivity contribution in [1.82, 2.24) is 9.55 Å². The van der Waals surface area contributed by atoms with Gasteiger partial charge in [-0.25, -0.2) is 4.98 Å². The molecule has 0 unspecified atom stereocenters. The highest BCUT2D eigenvalue weighted by Crippen LogP contribution is 2.22. The van der Waals surface area contributed by atoms with E-state index < -0.39 is 0 Å². The number of halogens is 1. The summed E-state index contributed by atoms with van der Waals surface area (Å²) in [6.45, 7) is 5.51. The quantitative estimate of drug-likeness (QED) is 0.253. The smallest absolute Gasteiger partial charge is 0.261 e. The van der Waals surface area contributed by atoms with Gasteiger partial charge in [-0.1, -0.05) is 42.6 Å². The van der Waals surface area contributed by atoms with Crippen LogP contribution in [0.3, 0.4) is 0 Å². The molecule has 3 aromatic carbocycles. The predicted molar refractivity (Wildman–Crippen MR) is 136 cm³/mol. The van der Waals surface area contributed by atoms with Crippen molar-refractivity contribution >= 4 is 22.5 Å². The third-order valence-electron chi connectivity index (χ3n) is 5.70. The summed E-state index contributed by atoms with van der Waals surface area (Å²) in [6.07, 6.45) is 3.97. The average molecular weight is 461 g/mol. The molecule has 0 saturated heterocycles. The second-order valence-electron chi connectivity index (χ2n) is 8.50. The van der Waals surface area contributed by atoms with Crippen molar-refractivity contribution < 1.29 is 4.74 Å². The van der Waals surface area contributed by atoms with Crippen LogP contribution in [0.1, 0.15) is 36.8 Å². The van der Waals surface area contributed by atoms with Crippen molar-refractivity contribution in [3.05, 3.63) is 93.2 Å². The lowest BCUT2D eigenvalue weighted by Crippen LogP contribution is -2.23. The van der Waals surface area contributed by atoms with Gasteiger partial charge >= 0.3 is 0 Å². The fraction of sp³-hybridized carbons (Fsp3) is 0.286. The fourth-order valence-electron chi connectivity index (χ4n) is 4.13. The number of aromatic nitrogens is 2. The van der Waals surface area contributed by atoms with Gasteiger partial charge in [0.15, 0.2) is 0 Å². The number of benzene rings is 3. The molecule has 0 aliphatic carbocycles. The molecule has 0 bridgehead atoms. The normalized spacial score (nSPS) is 11.1. The Labute approximate surface area is 199 Å². The first-order valence-corrected chi connectivity index (χ1v) is 11.9. The molecule has 1 aromatic heterocycles. The van der Waals surface area contributed by atoms with E-state index in [1.54, 1.807) is 4.57 Å². The number of aryl methyl sites for hydroxylation is 2. The highest BCUT2D eigenvalue weighted by atomic mass is 35.5. The molecule has 4 rings (SSSR count). The third kappa shape index (κ3) is 5.82. The van der Waals surface area contributed by atoms with Gasteiger partial charge in [0.05, 0.1) is 17.5 Å². The second-order valence-corrected chi connectivity index (χ2v) is 8.94. The Kier molecular flexibility index (Phi) is 7.46. The van der Waals surface area contributed by atoms with Gasteiger partial charge in [-0.05, 0) is 86.3 Å². The number of hydrogen-bond acceptors (Lipinski definition) is 3. The molecule has 0 spiro atoms. The predicted octanol–water partition coefficient (Wildman–Crippen LogP) is 6.97. The van der Waals surface area contributed by atoms with Crippen molar-refractivity contribution in [3.8, 4) is 17.1 Å². The molecule has 0 aliphatic heterocycles. The summed E-state index contributed by atoms with van der Waals surface area (Å²) in [6, 6.07) is 21.3. The van der Waals surface area contributed by atoms with E-state index in [2.05, 4.69) is 32.0 Å². The Balaban J connectivity index is 1.39. The Morgan fingerprint density at radius 2 is 1.58 bits per heavy atom. The summed E-state index contributed by atoms with van der Waals surface area (Å²) in [7, 11) is 0. The molecule has 170 valence electrons. The Bertz CT molecular complexity index is 1280. The maximum atomic E-state index is 13.2. The van der Waals surface area contributed by atoms with E-state index in [-0.39, 0.29) is 5.56 Å². The van der Waals surface area contributed by atoms with Gasteiger partial charge < -0.3 is 4.74 Å². The molecule has 0 saturated carbocycles. The van der Waals surface area contributed by atoms with Crippen LogP contribution in [-0.2, 0) is 6.54 Å². The van der Waals surface area contributed by atoms with Crippen LogP contribution in [0.2, 0.25) is 5.02 Å². The average Bonchev–Trinajstić information content (AvgIpc) is 2.79. The van der Waals surface area contributed by atoms with Crippen molar-refractivity contribution in [3.63, 3.8) is 0 Å². The third-order valence-corrected chi connectivity index (χ3v) is 5.96. The molecule has 0 amide bonds. The van der Waals surface area contributed by atoms with Crippen molar-refractivity contribution in [2.24, 2.45) is 0 Å². The Hall–Kier alpha value is -3.11. The van der Waals surface area contributed by atoms with Gasteiger partial charge in [-0.15, -0.1) is 0 Å². The summed E-state index contributed by atoms with van der Waals surface area (Å²) in [4.78, 5) is 18.1. The SMILES string of the molecule is Cc1cc(C)cc(OCCCCCCn2c(-c3ccc(Cl)cc3)nc3ccccc3c2=O)c1. The van der Waals surface area contributed by atoms with Gasteiger partial charge in [0.1, 0.15) is 11.6 Å². The number of para-hydroxylation sites is 1. The molecule has 0 aliphatic rings. The summed E-state index contributed by atoms with van der Waals surface area (Å²) < 4.78 is 7.71. The number of unbranched alkanes of at least 4 members (excludes halogenated alkanes) is 3. The summed E-state index contributed by atoms with van der Waals surface area (Å²) >= 11 is 6.06. The highest BCUT2D eigenvalue weighted by molar-refractivity contribution is 6.30. The maximum absolute atomic E-state index is 13.2. The maximum Gasteiger partial charge on any atom is 0.261 e. The van der Waals surface area contributed by atoms with Gasteiger partial charge in [-0.3, -0.25) is 9.36 Å². The number of nitrogens with zero attached hydrogens (tertiary/aromatic N) is 2. The second kappa shape index (κ2) is 10.7. The largest absolute Gasteiger partial charge is 0.494 e. The van der Waals surface area contributed by atoms with Crippen LogP contribution < -0.4 is 10.3 Å². The first-order chi connectivity index (χ1) is 16.0. The van der Waals surface area contributed by atoms with Crippen LogP contribution in [0.4, 0.5) is 0 Å². The van der Waals surface area contributed by atoms with E-state index in [1.807, 2.05) is 48.5 Å². The molecule has 4 nitrogen and oxygen atoms in total. The van der Waals surface area contributed by atoms with Crippen LogP contribution in [0.25, 0.3) is 22.3 Å². The first-order valence-electron chi connectivity index (χ1n) is 11.5. The minimum atomic E-state index is 0.00343. The van der Waals surface area contributed by atoms with Crippen LogP contribution in [0.5, 0.6) is 5.75 Å². The lowest BCUT2D eigenvalue weighted by molar-refractivity contribution is 0.303. The lowest BCUT2D eigenvalue weighted by Gasteiger charge is -2.14. The standard InChI is InChI=1S/C28H29ClN2O2/c1-20-17-21(2)19-24(18-20)33-16-8-4-3-7-15-31-27(22-11-13-23(29)14-12-22)30-26-10-6-5-9-25(26)28(31)32/h5-6,9-14,17-19H,3-4,7-8,15-16H2,1-2H3. The zero-order chi connectivity index (χ0) is 23.2. The van der Waals surface area contributed by atoms with Gasteiger partial charge in [0.2, 0.25) is 0 Å². The van der Waals surface area contributed by atoms with Gasteiger partial charge in [-0.2, -0.15) is 0 Å². The van der Waals surface area contributed by atoms with Crippen molar-refractivity contribution in [2.75, 3.05) is 6.61 Å². The first kappa shape index (κ1) is 23.1. The molecule has 0 N–H and O–H groups in total. The van der Waals surface area contributed by atoms with Gasteiger partial charge in [0.25, 0.3) is 5.56 Å². The topological polar surface area (TPSA) is 44.1 Å². The van der Waals surface area contributed by atoms with E-state index >= 15 is 0 Å². The minimum Gasteiger partial charge on any atom is -0.494 e. The monoisotopic (exact) mass is 460 g/mol. The van der Waals surface area contributed by atoms with Crippen molar-refractivity contribution in [2.45, 2.75) is 46.1 Å². The number of ether oxygens (including phenoxy) is 1. The highest BCUT2D eigenvalue weighted by Gasteiger charge is 2.12. The summed E-state index contributed by atoms with van der Waals surface area (Å²) in [5.74, 6) is 1.63. The lowest BCUT2D eigenvalue weighted by atomic mass is 10.1. The zero-order valence-electron chi connectivity index (χ0n) is 19.2. The minimum absolute atomic E-state index is 0.00343. The summed E-state index contributed by atoms with van der Waals surface area (Å²) in [5, 5.41) is 1.31. The molecular weight excluding hydrogens is 432 g/mol. The van der Waals surface area contributed by atoms with E-state index in [0.29, 0.717) is 34.9 Å². The molecule has 1 heterocycles. The zero-order valence-corrected chi connectivity index (χ0v) is 19.9. The number of hydrogen-bond donors (Lipinski definition) is 0. The van der Waals surface area contributed by atoms with Crippen LogP contribution in [0, 0.1) is 13.8 Å². The summed E-state index contributed by atoms with van der Waals surface area (Å²) in [5.41, 5.74) is 4.05. The van der Waals surface area contributed by atoms with Gasteiger partial charge in [0, 0.05) is 17.1 Å². The van der Waals surface area contributed by atoms with E-state index in [1.165, 1.54) is 11.1 Å². The Morgan fingerprint density at radius 3 is 2.33 bits per heavy atom. The molecule has 0 fully saturated rings. The van der Waals surface area contributed by atoms with Crippen LogP contribution in [0.15, 0.2) is 71.5 Å². The van der Waals surface area contributed by atoms with Crippen LogP contribution in [-0.4, -0.2) is 16.2 Å². The van der Waals surface area contributed by atoms with Crippen molar-refractivity contribution in [1.29, 1.82) is 0 Å². The van der Waals surface area contributed by atoms with Crippen LogP contribution >= 0.6 is 11.6 Å². The number of fused-ring (bicyclic) bond motifs is 1. The molecule has 0 atom stereocenters.